The van der Waals surface area contributed by atoms with E-state index in [4.69, 9.17) is 17.0 Å². The summed E-state index contributed by atoms with van der Waals surface area (Å²) in [4.78, 5) is 13.1. The molecule has 11 heavy (non-hydrogen) atoms. The van der Waals surface area contributed by atoms with Crippen LogP contribution in [0.15, 0.2) is 17.1 Å². The predicted octanol–water partition coefficient (Wildman–Crippen LogP) is 0.510. The molecule has 1 aromatic heterocycles. The molecule has 0 radical (unpaired) electrons. The standard InChI is InChI=1S/C6H8N2O2S/c1-10-4-8-3-2-5(9)7-6(8)11/h2-3H,4H2,1H3,(H,7,9,11). The summed E-state index contributed by atoms with van der Waals surface area (Å²) >= 11 is 4.83. The van der Waals surface area contributed by atoms with Gasteiger partial charge in [-0.3, -0.25) is 9.78 Å². The zero-order valence-corrected chi connectivity index (χ0v) is 6.85. The van der Waals surface area contributed by atoms with E-state index in [0.717, 1.165) is 0 Å². The van der Waals surface area contributed by atoms with Crippen molar-refractivity contribution in [1.29, 1.82) is 0 Å². The molecule has 0 unspecified atom stereocenters. The number of aromatic amines is 1. The molecule has 1 rings (SSSR count). The van der Waals surface area contributed by atoms with E-state index < -0.39 is 0 Å². The van der Waals surface area contributed by atoms with Crippen molar-refractivity contribution < 1.29 is 4.74 Å². The SMILES string of the molecule is COCn1ccc(=O)[nH]c1=S. The molecule has 1 aromatic rings. The van der Waals surface area contributed by atoms with Gasteiger partial charge in [0.1, 0.15) is 6.73 Å². The average molecular weight is 172 g/mol. The second kappa shape index (κ2) is 3.45. The van der Waals surface area contributed by atoms with Crippen LogP contribution in [-0.4, -0.2) is 16.7 Å². The number of aromatic nitrogens is 2. The summed E-state index contributed by atoms with van der Waals surface area (Å²) in [7, 11) is 1.56. The topological polar surface area (TPSA) is 47.0 Å². The third kappa shape index (κ3) is 1.99. The fourth-order valence-corrected chi connectivity index (χ4v) is 0.899. The van der Waals surface area contributed by atoms with Gasteiger partial charge in [-0.05, 0) is 12.2 Å². The molecule has 0 amide bonds. The van der Waals surface area contributed by atoms with Gasteiger partial charge in [0.15, 0.2) is 4.77 Å². The van der Waals surface area contributed by atoms with E-state index in [0.29, 0.717) is 11.5 Å². The Bertz CT molecular complexity index is 341. The van der Waals surface area contributed by atoms with Crippen LogP contribution in [0.5, 0.6) is 0 Å². The minimum Gasteiger partial charge on any atom is -0.364 e. The third-order valence-corrected chi connectivity index (χ3v) is 1.50. The first-order valence-corrected chi connectivity index (χ1v) is 3.43. The minimum absolute atomic E-state index is 0.192. The van der Waals surface area contributed by atoms with Crippen molar-refractivity contribution in [3.8, 4) is 0 Å². The van der Waals surface area contributed by atoms with E-state index >= 15 is 0 Å². The van der Waals surface area contributed by atoms with Crippen LogP contribution in [-0.2, 0) is 11.5 Å². The van der Waals surface area contributed by atoms with Crippen LogP contribution in [0.25, 0.3) is 0 Å². The quantitative estimate of drug-likeness (QED) is 0.661. The number of nitrogens with zero attached hydrogens (tertiary/aromatic N) is 1. The summed E-state index contributed by atoms with van der Waals surface area (Å²) in [6.07, 6.45) is 1.59. The molecule has 1 N–H and O–H groups in total. The van der Waals surface area contributed by atoms with E-state index in [-0.39, 0.29) is 5.56 Å². The number of rotatable bonds is 2. The Morgan fingerprint density at radius 3 is 3.09 bits per heavy atom. The van der Waals surface area contributed by atoms with Crippen LogP contribution in [0.3, 0.4) is 0 Å². The van der Waals surface area contributed by atoms with Gasteiger partial charge in [0.05, 0.1) is 0 Å². The molecule has 5 heteroatoms. The van der Waals surface area contributed by atoms with Crippen molar-refractivity contribution in [2.45, 2.75) is 6.73 Å². The number of hydrogen-bond acceptors (Lipinski definition) is 3. The summed E-state index contributed by atoms with van der Waals surface area (Å²) in [5.74, 6) is 0. The molecule has 0 atom stereocenters. The number of H-pyrrole nitrogens is 1. The number of nitrogens with one attached hydrogen (secondary N) is 1. The highest BCUT2D eigenvalue weighted by Crippen LogP contribution is 1.85. The molecule has 0 bridgehead atoms. The largest absolute Gasteiger partial charge is 0.364 e. The smallest absolute Gasteiger partial charge is 0.251 e. The maximum absolute atomic E-state index is 10.7. The van der Waals surface area contributed by atoms with Crippen molar-refractivity contribution in [3.63, 3.8) is 0 Å². The highest BCUT2D eigenvalue weighted by Gasteiger charge is 1.89. The second-order valence-electron chi connectivity index (χ2n) is 2.00. The van der Waals surface area contributed by atoms with Crippen molar-refractivity contribution in [2.24, 2.45) is 0 Å². The van der Waals surface area contributed by atoms with E-state index in [1.165, 1.54) is 6.07 Å². The van der Waals surface area contributed by atoms with Gasteiger partial charge >= 0.3 is 0 Å². The van der Waals surface area contributed by atoms with E-state index in [1.54, 1.807) is 17.9 Å². The molecule has 1 heterocycles. The Labute approximate surface area is 68.4 Å². The molecule has 4 nitrogen and oxygen atoms in total. The Morgan fingerprint density at radius 2 is 2.55 bits per heavy atom. The highest BCUT2D eigenvalue weighted by molar-refractivity contribution is 7.71. The summed E-state index contributed by atoms with van der Waals surface area (Å²) in [5, 5.41) is 0. The number of hydrogen-bond donors (Lipinski definition) is 1. The lowest BCUT2D eigenvalue weighted by Gasteiger charge is -2.02. The summed E-state index contributed by atoms with van der Waals surface area (Å²) in [6, 6.07) is 1.40. The molecule has 0 aliphatic heterocycles. The molecule has 0 saturated heterocycles. The van der Waals surface area contributed by atoms with Gasteiger partial charge in [-0.15, -0.1) is 0 Å². The molecule has 0 aliphatic carbocycles. The van der Waals surface area contributed by atoms with Crippen molar-refractivity contribution in [2.75, 3.05) is 7.11 Å². The first kappa shape index (κ1) is 8.16. The summed E-state index contributed by atoms with van der Waals surface area (Å²) in [6.45, 7) is 0.357. The van der Waals surface area contributed by atoms with E-state index in [9.17, 15) is 4.79 Å². The molecule has 60 valence electrons. The van der Waals surface area contributed by atoms with Crippen LogP contribution >= 0.6 is 12.2 Å². The van der Waals surface area contributed by atoms with Crippen molar-refractivity contribution in [1.82, 2.24) is 9.55 Å². The molecule has 0 aliphatic rings. The van der Waals surface area contributed by atoms with Gasteiger partial charge in [0, 0.05) is 19.4 Å². The van der Waals surface area contributed by atoms with Gasteiger partial charge in [0.2, 0.25) is 0 Å². The zero-order valence-electron chi connectivity index (χ0n) is 6.03. The molecule has 0 fully saturated rings. The van der Waals surface area contributed by atoms with Gasteiger partial charge in [-0.25, -0.2) is 0 Å². The average Bonchev–Trinajstić information content (AvgIpc) is 1.95. The maximum atomic E-state index is 10.7. The van der Waals surface area contributed by atoms with Crippen LogP contribution < -0.4 is 5.56 Å². The number of methoxy groups -OCH3 is 1. The lowest BCUT2D eigenvalue weighted by molar-refractivity contribution is 0.128. The van der Waals surface area contributed by atoms with Crippen LogP contribution in [0.4, 0.5) is 0 Å². The summed E-state index contributed by atoms with van der Waals surface area (Å²) < 4.78 is 6.82. The van der Waals surface area contributed by atoms with Crippen molar-refractivity contribution >= 4 is 12.2 Å². The lowest BCUT2D eigenvalue weighted by Crippen LogP contribution is -2.11. The van der Waals surface area contributed by atoms with Crippen LogP contribution in [0, 0.1) is 4.77 Å². The Kier molecular flexibility index (Phi) is 2.56. The number of ether oxygens (including phenoxy) is 1. The lowest BCUT2D eigenvalue weighted by atomic mass is 10.6. The van der Waals surface area contributed by atoms with Crippen LogP contribution in [0.1, 0.15) is 0 Å². The maximum Gasteiger partial charge on any atom is 0.251 e. The predicted molar refractivity (Wildman–Crippen MR) is 42.9 cm³/mol. The fourth-order valence-electron chi connectivity index (χ4n) is 0.685. The third-order valence-electron chi connectivity index (χ3n) is 1.17. The first-order valence-electron chi connectivity index (χ1n) is 3.03. The van der Waals surface area contributed by atoms with Crippen LogP contribution in [0.2, 0.25) is 0 Å². The fraction of sp³-hybridized carbons (Fsp3) is 0.333. The summed E-state index contributed by atoms with van der Waals surface area (Å²) in [5.41, 5.74) is -0.192. The Hall–Kier alpha value is -0.940. The van der Waals surface area contributed by atoms with Crippen molar-refractivity contribution in [3.05, 3.63) is 27.4 Å². The van der Waals surface area contributed by atoms with Gasteiger partial charge in [0.25, 0.3) is 5.56 Å². The Balaban J connectivity index is 3.10. The molecular formula is C6H8N2O2S. The normalized spacial score (nSPS) is 9.91. The Morgan fingerprint density at radius 1 is 1.82 bits per heavy atom. The molecular weight excluding hydrogens is 164 g/mol. The van der Waals surface area contributed by atoms with Gasteiger partial charge in [-0.1, -0.05) is 0 Å². The molecule has 0 saturated carbocycles. The second-order valence-corrected chi connectivity index (χ2v) is 2.38. The zero-order chi connectivity index (χ0) is 8.27. The van der Waals surface area contributed by atoms with E-state index in [1.807, 2.05) is 0 Å². The van der Waals surface area contributed by atoms with Gasteiger partial charge in [-0.2, -0.15) is 0 Å². The van der Waals surface area contributed by atoms with Gasteiger partial charge < -0.3 is 9.30 Å². The molecule has 0 spiro atoms. The minimum atomic E-state index is -0.192. The first-order chi connectivity index (χ1) is 5.24. The monoisotopic (exact) mass is 172 g/mol. The van der Waals surface area contributed by atoms with E-state index in [2.05, 4.69) is 4.98 Å². The highest BCUT2D eigenvalue weighted by atomic mass is 32.1. The molecule has 0 aromatic carbocycles.